The third-order valence-corrected chi connectivity index (χ3v) is 8.25. The Balaban J connectivity index is 2.29. The Labute approximate surface area is 112 Å². The summed E-state index contributed by atoms with van der Waals surface area (Å²) in [5.74, 6) is 1.00. The van der Waals surface area contributed by atoms with Crippen LogP contribution in [0.25, 0.3) is 0 Å². The zero-order valence-electron chi connectivity index (χ0n) is 12.6. The van der Waals surface area contributed by atoms with Gasteiger partial charge in [-0.1, -0.05) is 20.8 Å². The van der Waals surface area contributed by atoms with Gasteiger partial charge in [-0.2, -0.15) is 0 Å². The van der Waals surface area contributed by atoms with Gasteiger partial charge in [0.25, 0.3) is 0 Å². The van der Waals surface area contributed by atoms with Crippen molar-refractivity contribution in [2.45, 2.75) is 45.4 Å². The van der Waals surface area contributed by atoms with E-state index < -0.39 is 8.32 Å². The zero-order chi connectivity index (χ0) is 13.8. The van der Waals surface area contributed by atoms with E-state index in [0.29, 0.717) is 0 Å². The molecule has 0 aliphatic rings. The first-order valence-electron chi connectivity index (χ1n) is 6.53. The molecule has 0 aliphatic carbocycles. The molecule has 0 aromatic carbocycles. The molecule has 1 aromatic rings. The largest absolute Gasteiger partial charge is 0.416 e. The summed E-state index contributed by atoms with van der Waals surface area (Å²) in [7, 11) is 0.494. The molecule has 0 saturated carbocycles. The molecule has 18 heavy (non-hydrogen) atoms. The van der Waals surface area contributed by atoms with Crippen LogP contribution in [0.3, 0.4) is 0 Å². The number of hydrogen-bond acceptors (Lipinski definition) is 3. The number of nitrogens with one attached hydrogen (secondary N) is 1. The van der Waals surface area contributed by atoms with Crippen LogP contribution in [0.5, 0.6) is 0 Å². The molecule has 1 heterocycles. The quantitative estimate of drug-likeness (QED) is 0.807. The van der Waals surface area contributed by atoms with Gasteiger partial charge in [0.15, 0.2) is 8.32 Å². The molecule has 1 rings (SSSR count). The highest BCUT2D eigenvalue weighted by Crippen LogP contribution is 2.36. The number of aromatic nitrogens is 2. The highest BCUT2D eigenvalue weighted by Gasteiger charge is 2.36. The van der Waals surface area contributed by atoms with Crippen molar-refractivity contribution in [3.8, 4) is 0 Å². The molecule has 104 valence electrons. The van der Waals surface area contributed by atoms with Gasteiger partial charge in [-0.15, -0.1) is 0 Å². The third kappa shape index (κ3) is 4.55. The van der Waals surface area contributed by atoms with Crippen LogP contribution in [-0.4, -0.2) is 43.4 Å². The van der Waals surface area contributed by atoms with Gasteiger partial charge in [0.2, 0.25) is 0 Å². The third-order valence-electron chi connectivity index (χ3n) is 3.72. The second kappa shape index (κ2) is 5.99. The van der Waals surface area contributed by atoms with Crippen LogP contribution in [0, 0.1) is 0 Å². The summed E-state index contributed by atoms with van der Waals surface area (Å²) < 4.78 is 6.15. The molecule has 0 atom stereocenters. The summed E-state index contributed by atoms with van der Waals surface area (Å²) in [6.07, 6.45) is 3.64. The zero-order valence-corrected chi connectivity index (χ0v) is 13.6. The van der Waals surface area contributed by atoms with Crippen LogP contribution in [-0.2, 0) is 11.0 Å². The van der Waals surface area contributed by atoms with Gasteiger partial charge in [0, 0.05) is 25.5 Å². The van der Waals surface area contributed by atoms with Gasteiger partial charge in [0.1, 0.15) is 5.82 Å². The number of imidazole rings is 1. The minimum atomic E-state index is -1.60. The summed E-state index contributed by atoms with van der Waals surface area (Å²) in [6, 6.07) is 0. The van der Waals surface area contributed by atoms with Crippen molar-refractivity contribution in [3.05, 3.63) is 18.2 Å². The van der Waals surface area contributed by atoms with E-state index in [9.17, 15) is 0 Å². The Morgan fingerprint density at radius 2 is 2.06 bits per heavy atom. The highest BCUT2D eigenvalue weighted by molar-refractivity contribution is 6.74. The highest BCUT2D eigenvalue weighted by atomic mass is 28.4. The van der Waals surface area contributed by atoms with Gasteiger partial charge >= 0.3 is 0 Å². The van der Waals surface area contributed by atoms with E-state index in [1.807, 2.05) is 6.20 Å². The molecule has 0 radical (unpaired) electrons. The maximum atomic E-state index is 6.15. The van der Waals surface area contributed by atoms with E-state index in [1.165, 1.54) is 0 Å². The maximum Gasteiger partial charge on any atom is 0.192 e. The van der Waals surface area contributed by atoms with E-state index in [-0.39, 0.29) is 5.04 Å². The normalized spacial score (nSPS) is 13.3. The van der Waals surface area contributed by atoms with Crippen molar-refractivity contribution in [1.82, 2.24) is 14.9 Å². The average Bonchev–Trinajstić information content (AvgIpc) is 2.68. The number of aromatic amines is 1. The van der Waals surface area contributed by atoms with Crippen LogP contribution < -0.4 is 0 Å². The number of likely N-dealkylation sites (N-methyl/N-ethyl adjacent to an activating group) is 1. The van der Waals surface area contributed by atoms with Crippen molar-refractivity contribution in [3.63, 3.8) is 0 Å². The number of hydrogen-bond donors (Lipinski definition) is 1. The van der Waals surface area contributed by atoms with Gasteiger partial charge in [-0.3, -0.25) is 4.90 Å². The average molecular weight is 269 g/mol. The van der Waals surface area contributed by atoms with Crippen LogP contribution in [0.1, 0.15) is 26.6 Å². The van der Waals surface area contributed by atoms with E-state index >= 15 is 0 Å². The monoisotopic (exact) mass is 269 g/mol. The first-order chi connectivity index (χ1) is 8.22. The van der Waals surface area contributed by atoms with Crippen molar-refractivity contribution >= 4 is 8.32 Å². The molecule has 5 heteroatoms. The van der Waals surface area contributed by atoms with E-state index in [2.05, 4.69) is 55.8 Å². The Hall–Kier alpha value is -0.653. The number of H-pyrrole nitrogens is 1. The Bertz CT molecular complexity index is 344. The van der Waals surface area contributed by atoms with Crippen LogP contribution in [0.2, 0.25) is 18.1 Å². The number of nitrogens with zero attached hydrogens (tertiary/aromatic N) is 2. The Kier molecular flexibility index (Phi) is 5.13. The fourth-order valence-electron chi connectivity index (χ4n) is 1.39. The maximum absolute atomic E-state index is 6.15. The lowest BCUT2D eigenvalue weighted by Gasteiger charge is -2.36. The predicted octanol–water partition coefficient (Wildman–Crippen LogP) is 2.86. The second-order valence-electron chi connectivity index (χ2n) is 6.38. The summed E-state index contributed by atoms with van der Waals surface area (Å²) in [5.41, 5.74) is 0. The minimum Gasteiger partial charge on any atom is -0.416 e. The predicted molar refractivity (Wildman–Crippen MR) is 78.1 cm³/mol. The smallest absolute Gasteiger partial charge is 0.192 e. The van der Waals surface area contributed by atoms with Gasteiger partial charge in [-0.25, -0.2) is 4.98 Å². The van der Waals surface area contributed by atoms with Crippen LogP contribution >= 0.6 is 0 Å². The van der Waals surface area contributed by atoms with E-state index in [0.717, 1.165) is 25.5 Å². The van der Waals surface area contributed by atoms with E-state index in [4.69, 9.17) is 4.43 Å². The first kappa shape index (κ1) is 15.4. The molecule has 0 aliphatic heterocycles. The van der Waals surface area contributed by atoms with Crippen molar-refractivity contribution in [1.29, 1.82) is 0 Å². The molecular weight excluding hydrogens is 242 g/mol. The molecule has 0 fully saturated rings. The molecule has 4 nitrogen and oxygen atoms in total. The number of rotatable bonds is 6. The molecule has 0 bridgehead atoms. The molecule has 1 N–H and O–H groups in total. The lowest BCUT2D eigenvalue weighted by Crippen LogP contribution is -2.42. The van der Waals surface area contributed by atoms with Gasteiger partial charge < -0.3 is 9.41 Å². The molecule has 0 saturated heterocycles. The standard InChI is InChI=1S/C13H27N3OSi/c1-13(2,3)18(5,6)17-10-9-16(4)11-12-14-7-8-15-12/h7-8H,9-11H2,1-6H3,(H,14,15). The molecule has 0 amide bonds. The summed E-state index contributed by atoms with van der Waals surface area (Å²) >= 11 is 0. The fraction of sp³-hybridized carbons (Fsp3) is 0.769. The Morgan fingerprint density at radius 3 is 2.56 bits per heavy atom. The van der Waals surface area contributed by atoms with E-state index in [1.54, 1.807) is 6.20 Å². The Morgan fingerprint density at radius 1 is 1.39 bits per heavy atom. The summed E-state index contributed by atoms with van der Waals surface area (Å²) in [6.45, 7) is 14.0. The lowest BCUT2D eigenvalue weighted by atomic mass is 10.2. The minimum absolute atomic E-state index is 0.284. The van der Waals surface area contributed by atoms with Gasteiger partial charge in [-0.05, 0) is 25.2 Å². The van der Waals surface area contributed by atoms with Crippen molar-refractivity contribution < 1.29 is 4.43 Å². The van der Waals surface area contributed by atoms with Gasteiger partial charge in [0.05, 0.1) is 6.54 Å². The first-order valence-corrected chi connectivity index (χ1v) is 9.44. The molecule has 1 aromatic heterocycles. The topological polar surface area (TPSA) is 41.1 Å². The molecule has 0 spiro atoms. The fourth-order valence-corrected chi connectivity index (χ4v) is 2.43. The summed E-state index contributed by atoms with van der Waals surface area (Å²) in [5, 5.41) is 0.284. The van der Waals surface area contributed by atoms with Crippen molar-refractivity contribution in [2.24, 2.45) is 0 Å². The summed E-state index contributed by atoms with van der Waals surface area (Å²) in [4.78, 5) is 9.57. The molecular formula is C13H27N3OSi. The molecule has 0 unspecified atom stereocenters. The van der Waals surface area contributed by atoms with Crippen LogP contribution in [0.4, 0.5) is 0 Å². The SMILES string of the molecule is CN(CCO[Si](C)(C)C(C)(C)C)Cc1ncc[nH]1. The van der Waals surface area contributed by atoms with Crippen LogP contribution in [0.15, 0.2) is 12.4 Å². The lowest BCUT2D eigenvalue weighted by molar-refractivity contribution is 0.216. The van der Waals surface area contributed by atoms with Crippen molar-refractivity contribution in [2.75, 3.05) is 20.2 Å². The second-order valence-corrected chi connectivity index (χ2v) is 11.2.